The number of hydrogen-bond acceptors (Lipinski definition) is 3. The van der Waals surface area contributed by atoms with Crippen LogP contribution in [0.5, 0.6) is 5.75 Å². The molecule has 0 aliphatic rings. The van der Waals surface area contributed by atoms with Gasteiger partial charge >= 0.3 is 0 Å². The lowest BCUT2D eigenvalue weighted by molar-refractivity contribution is 0.0922. The summed E-state index contributed by atoms with van der Waals surface area (Å²) in [7, 11) is 0. The van der Waals surface area contributed by atoms with E-state index in [1.807, 2.05) is 30.3 Å². The first-order chi connectivity index (χ1) is 10.2. The summed E-state index contributed by atoms with van der Waals surface area (Å²) in [6.07, 6.45) is 1.73. The highest BCUT2D eigenvalue weighted by Gasteiger charge is 2.08. The fraction of sp³-hybridized carbons (Fsp3) is 0.0588. The molecule has 0 bridgehead atoms. The van der Waals surface area contributed by atoms with E-state index in [1.54, 1.807) is 30.5 Å². The molecule has 0 amide bonds. The average Bonchev–Trinajstić information content (AvgIpc) is 2.53. The number of ketones is 1. The van der Waals surface area contributed by atoms with E-state index < -0.39 is 0 Å². The van der Waals surface area contributed by atoms with Gasteiger partial charge in [-0.25, -0.2) is 0 Å². The predicted octanol–water partition coefficient (Wildman–Crippen LogP) is 4.15. The molecule has 0 spiro atoms. The summed E-state index contributed by atoms with van der Waals surface area (Å²) < 4.78 is 5.64. The van der Waals surface area contributed by atoms with Crippen molar-refractivity contribution in [2.24, 2.45) is 0 Å². The van der Waals surface area contributed by atoms with Gasteiger partial charge in [-0.15, -0.1) is 0 Å². The molecule has 3 aromatic rings. The number of aromatic nitrogens is 1. The highest BCUT2D eigenvalue weighted by Crippen LogP contribution is 2.23. The van der Waals surface area contributed by atoms with Gasteiger partial charge in [-0.3, -0.25) is 9.78 Å². The van der Waals surface area contributed by atoms with Gasteiger partial charge < -0.3 is 4.74 Å². The van der Waals surface area contributed by atoms with E-state index in [1.165, 1.54) is 0 Å². The molecule has 0 radical (unpaired) electrons. The van der Waals surface area contributed by atoms with Crippen molar-refractivity contribution < 1.29 is 9.53 Å². The quantitative estimate of drug-likeness (QED) is 0.679. The monoisotopic (exact) mass is 297 g/mol. The second-order valence-corrected chi connectivity index (χ2v) is 4.98. The number of Topliss-reactive ketones (excluding diaryl/α,β-unsaturated/α-hetero) is 1. The van der Waals surface area contributed by atoms with Gasteiger partial charge in [0.2, 0.25) is 0 Å². The lowest BCUT2D eigenvalue weighted by Crippen LogP contribution is -2.11. The number of ether oxygens (including phenoxy) is 1. The van der Waals surface area contributed by atoms with Crippen molar-refractivity contribution in [1.29, 1.82) is 0 Å². The minimum absolute atomic E-state index is 0.0182. The molecule has 0 N–H and O–H groups in total. The van der Waals surface area contributed by atoms with E-state index in [2.05, 4.69) is 4.98 Å². The average molecular weight is 298 g/mol. The molecule has 1 aromatic heterocycles. The summed E-state index contributed by atoms with van der Waals surface area (Å²) in [5.74, 6) is 0.565. The Kier molecular flexibility index (Phi) is 3.84. The van der Waals surface area contributed by atoms with E-state index in [4.69, 9.17) is 16.3 Å². The number of halogens is 1. The number of pyridine rings is 1. The van der Waals surface area contributed by atoms with Crippen molar-refractivity contribution in [2.75, 3.05) is 6.61 Å². The van der Waals surface area contributed by atoms with Crippen molar-refractivity contribution in [3.8, 4) is 5.75 Å². The van der Waals surface area contributed by atoms with Gasteiger partial charge in [-0.05, 0) is 48.5 Å². The first kappa shape index (κ1) is 13.6. The van der Waals surface area contributed by atoms with E-state index in [0.29, 0.717) is 16.3 Å². The fourth-order valence-corrected chi connectivity index (χ4v) is 2.19. The molecule has 2 aromatic carbocycles. The van der Waals surface area contributed by atoms with Crippen LogP contribution >= 0.6 is 11.6 Å². The third-order valence-corrected chi connectivity index (χ3v) is 3.38. The zero-order valence-corrected chi connectivity index (χ0v) is 11.9. The van der Waals surface area contributed by atoms with Crippen LogP contribution in [0.3, 0.4) is 0 Å². The second-order valence-electron chi connectivity index (χ2n) is 4.54. The maximum Gasteiger partial charge on any atom is 0.200 e. The van der Waals surface area contributed by atoms with E-state index in [9.17, 15) is 4.79 Å². The Hall–Kier alpha value is -2.39. The summed E-state index contributed by atoms with van der Waals surface area (Å²) >= 11 is 5.81. The summed E-state index contributed by atoms with van der Waals surface area (Å²) in [6.45, 7) is -0.0182. The molecule has 104 valence electrons. The van der Waals surface area contributed by atoms with Crippen LogP contribution in [0.25, 0.3) is 10.9 Å². The number of rotatable bonds is 4. The topological polar surface area (TPSA) is 39.2 Å². The van der Waals surface area contributed by atoms with Gasteiger partial charge in [0.1, 0.15) is 5.75 Å². The summed E-state index contributed by atoms with van der Waals surface area (Å²) in [5, 5.41) is 1.50. The number of benzene rings is 2. The van der Waals surface area contributed by atoms with E-state index in [-0.39, 0.29) is 12.4 Å². The molecule has 0 fully saturated rings. The number of hydrogen-bond donors (Lipinski definition) is 0. The third-order valence-electron chi connectivity index (χ3n) is 3.13. The van der Waals surface area contributed by atoms with Crippen LogP contribution in [0.1, 0.15) is 10.4 Å². The third kappa shape index (κ3) is 3.03. The first-order valence-corrected chi connectivity index (χ1v) is 6.87. The van der Waals surface area contributed by atoms with Crippen molar-refractivity contribution in [1.82, 2.24) is 4.98 Å². The molecule has 0 saturated carbocycles. The molecule has 3 rings (SSSR count). The molecule has 0 aliphatic heterocycles. The van der Waals surface area contributed by atoms with Gasteiger partial charge in [0.05, 0.1) is 5.52 Å². The Morgan fingerprint density at radius 3 is 2.67 bits per heavy atom. The normalized spacial score (nSPS) is 10.5. The van der Waals surface area contributed by atoms with Crippen LogP contribution in [-0.4, -0.2) is 17.4 Å². The lowest BCUT2D eigenvalue weighted by atomic mass is 10.1. The van der Waals surface area contributed by atoms with Crippen LogP contribution < -0.4 is 4.74 Å². The number of carbonyl (C=O) groups excluding carboxylic acids is 1. The molecule has 3 nitrogen and oxygen atoms in total. The molecule has 0 atom stereocenters. The van der Waals surface area contributed by atoms with Crippen LogP contribution in [0.15, 0.2) is 60.8 Å². The Morgan fingerprint density at radius 1 is 1.05 bits per heavy atom. The predicted molar refractivity (Wildman–Crippen MR) is 83.0 cm³/mol. The van der Waals surface area contributed by atoms with Gasteiger partial charge in [-0.1, -0.05) is 17.7 Å². The lowest BCUT2D eigenvalue weighted by Gasteiger charge is -2.08. The van der Waals surface area contributed by atoms with Gasteiger partial charge in [0.25, 0.3) is 0 Å². The van der Waals surface area contributed by atoms with Gasteiger partial charge in [0, 0.05) is 22.2 Å². The van der Waals surface area contributed by atoms with Crippen molar-refractivity contribution in [3.63, 3.8) is 0 Å². The number of nitrogens with zero attached hydrogens (tertiary/aromatic N) is 1. The second kappa shape index (κ2) is 5.94. The summed E-state index contributed by atoms with van der Waals surface area (Å²) in [6, 6.07) is 16.1. The summed E-state index contributed by atoms with van der Waals surface area (Å²) in [5.41, 5.74) is 1.42. The van der Waals surface area contributed by atoms with Crippen molar-refractivity contribution >= 4 is 28.3 Å². The van der Waals surface area contributed by atoms with Crippen LogP contribution in [0, 0.1) is 0 Å². The highest BCUT2D eigenvalue weighted by molar-refractivity contribution is 6.30. The Labute approximate surface area is 127 Å². The summed E-state index contributed by atoms with van der Waals surface area (Å²) in [4.78, 5) is 16.3. The highest BCUT2D eigenvalue weighted by atomic mass is 35.5. The fourth-order valence-electron chi connectivity index (χ4n) is 2.06. The Morgan fingerprint density at radius 2 is 1.86 bits per heavy atom. The molecule has 0 aliphatic carbocycles. The Bertz CT molecular complexity index is 779. The minimum Gasteiger partial charge on any atom is -0.485 e. The maximum atomic E-state index is 12.1. The number of fused-ring (bicyclic) bond motifs is 1. The molecule has 1 heterocycles. The van der Waals surface area contributed by atoms with Crippen LogP contribution in [0.2, 0.25) is 5.02 Å². The van der Waals surface area contributed by atoms with Crippen molar-refractivity contribution in [2.45, 2.75) is 0 Å². The minimum atomic E-state index is -0.0902. The molecule has 4 heteroatoms. The zero-order valence-electron chi connectivity index (χ0n) is 11.1. The first-order valence-electron chi connectivity index (χ1n) is 6.49. The Balaban J connectivity index is 1.77. The van der Waals surface area contributed by atoms with Crippen molar-refractivity contribution in [3.05, 3.63) is 71.4 Å². The SMILES string of the molecule is O=C(COc1cccc2ncccc12)c1ccc(Cl)cc1. The van der Waals surface area contributed by atoms with E-state index in [0.717, 1.165) is 10.9 Å². The number of carbonyl (C=O) groups is 1. The molecule has 0 saturated heterocycles. The molecule has 21 heavy (non-hydrogen) atoms. The molecular formula is C17H12ClNO2. The smallest absolute Gasteiger partial charge is 0.200 e. The maximum absolute atomic E-state index is 12.1. The van der Waals surface area contributed by atoms with Gasteiger partial charge in [0.15, 0.2) is 12.4 Å². The van der Waals surface area contributed by atoms with Crippen LogP contribution in [0.4, 0.5) is 0 Å². The standard InChI is InChI=1S/C17H12ClNO2/c18-13-8-6-12(7-9-13)16(20)11-21-17-5-1-4-15-14(17)3-2-10-19-15/h1-10H,11H2. The zero-order chi connectivity index (χ0) is 14.7. The van der Waals surface area contributed by atoms with E-state index >= 15 is 0 Å². The van der Waals surface area contributed by atoms with Gasteiger partial charge in [-0.2, -0.15) is 0 Å². The molecule has 0 unspecified atom stereocenters. The molecular weight excluding hydrogens is 286 g/mol. The largest absolute Gasteiger partial charge is 0.485 e. The van der Waals surface area contributed by atoms with Crippen LogP contribution in [-0.2, 0) is 0 Å².